The monoisotopic (exact) mass is 404 g/mol. The van der Waals surface area contributed by atoms with Crippen molar-refractivity contribution < 1.29 is 18.5 Å². The van der Waals surface area contributed by atoms with Crippen LogP contribution in [0.25, 0.3) is 32.7 Å². The van der Waals surface area contributed by atoms with Gasteiger partial charge in [-0.05, 0) is 57.6 Å². The minimum Gasteiger partial charge on any atom is -0.394 e. The van der Waals surface area contributed by atoms with Crippen molar-refractivity contribution in [1.29, 1.82) is 0 Å². The normalized spacial score (nSPS) is 14.6. The summed E-state index contributed by atoms with van der Waals surface area (Å²) in [6.45, 7) is 4.03. The predicted octanol–water partition coefficient (Wildman–Crippen LogP) is 6.66. The van der Waals surface area contributed by atoms with Crippen molar-refractivity contribution in [3.8, 4) is 22.6 Å². The molecule has 0 saturated heterocycles. The van der Waals surface area contributed by atoms with Crippen LogP contribution in [0.4, 0.5) is 0 Å². The van der Waals surface area contributed by atoms with Gasteiger partial charge in [0, 0.05) is 11.1 Å². The maximum atomic E-state index is 12.9. The summed E-state index contributed by atoms with van der Waals surface area (Å²) in [7, 11) is -4.33. The molecule has 0 bridgehead atoms. The van der Waals surface area contributed by atoms with Crippen molar-refractivity contribution >= 4 is 29.4 Å². The summed E-state index contributed by atoms with van der Waals surface area (Å²) in [5.74, 6) is 0.878. The zero-order valence-electron chi connectivity index (χ0n) is 16.3. The molecule has 4 aromatic rings. The molecule has 1 aliphatic heterocycles. The van der Waals surface area contributed by atoms with Crippen molar-refractivity contribution in [3.05, 3.63) is 71.8 Å². The van der Waals surface area contributed by atoms with E-state index in [9.17, 15) is 9.46 Å². The van der Waals surface area contributed by atoms with Gasteiger partial charge in [-0.3, -0.25) is 4.89 Å². The van der Waals surface area contributed by atoms with E-state index in [4.69, 9.17) is 9.05 Å². The van der Waals surface area contributed by atoms with E-state index < -0.39 is 7.82 Å². The first-order valence-electron chi connectivity index (χ1n) is 9.84. The third kappa shape index (κ3) is 2.83. The van der Waals surface area contributed by atoms with Crippen LogP contribution in [-0.4, -0.2) is 4.89 Å². The highest BCUT2D eigenvalue weighted by Crippen LogP contribution is 2.58. The summed E-state index contributed by atoms with van der Waals surface area (Å²) < 4.78 is 24.3. The topological polar surface area (TPSA) is 55.8 Å². The number of benzene rings is 4. The Morgan fingerprint density at radius 3 is 1.59 bits per heavy atom. The quantitative estimate of drug-likeness (QED) is 0.380. The molecule has 1 aliphatic rings. The molecule has 5 rings (SSSR count). The summed E-state index contributed by atoms with van der Waals surface area (Å²) in [6, 6.07) is 20.2. The molecular weight excluding hydrogens is 383 g/mol. The molecular formula is C24H21O4P. The fourth-order valence-corrected chi connectivity index (χ4v) is 5.17. The smallest absolute Gasteiger partial charge is 0.394 e. The molecule has 0 radical (unpaired) electrons. The molecule has 1 N–H and O–H groups in total. The van der Waals surface area contributed by atoms with Crippen LogP contribution in [0.5, 0.6) is 11.5 Å². The van der Waals surface area contributed by atoms with Gasteiger partial charge in [0.25, 0.3) is 0 Å². The van der Waals surface area contributed by atoms with Gasteiger partial charge >= 0.3 is 7.82 Å². The Labute approximate surface area is 169 Å². The van der Waals surface area contributed by atoms with Gasteiger partial charge in [0.15, 0.2) is 0 Å². The predicted molar refractivity (Wildman–Crippen MR) is 117 cm³/mol. The summed E-state index contributed by atoms with van der Waals surface area (Å²) >= 11 is 0. The number of hydrogen-bond donors (Lipinski definition) is 1. The second-order valence-corrected chi connectivity index (χ2v) is 8.58. The summed E-state index contributed by atoms with van der Waals surface area (Å²) in [5, 5.41) is 4.09. The van der Waals surface area contributed by atoms with E-state index in [1.54, 1.807) is 0 Å². The Morgan fingerprint density at radius 1 is 0.759 bits per heavy atom. The van der Waals surface area contributed by atoms with E-state index in [2.05, 4.69) is 12.1 Å². The Morgan fingerprint density at radius 2 is 1.17 bits per heavy atom. The summed E-state index contributed by atoms with van der Waals surface area (Å²) in [4.78, 5) is 10.5. The zero-order valence-corrected chi connectivity index (χ0v) is 17.2. The lowest BCUT2D eigenvalue weighted by Gasteiger charge is -2.17. The number of fused-ring (bicyclic) bond motifs is 7. The van der Waals surface area contributed by atoms with Crippen molar-refractivity contribution in [3.63, 3.8) is 0 Å². The fourth-order valence-electron chi connectivity index (χ4n) is 4.25. The molecule has 0 fully saturated rings. The number of phosphoric acid groups is 1. The molecule has 0 unspecified atom stereocenters. The van der Waals surface area contributed by atoms with Crippen molar-refractivity contribution in [2.24, 2.45) is 0 Å². The molecule has 146 valence electrons. The lowest BCUT2D eigenvalue weighted by Crippen LogP contribution is -2.01. The zero-order chi connectivity index (χ0) is 20.2. The first-order valence-corrected chi connectivity index (χ1v) is 11.3. The fraction of sp³-hybridized carbons (Fsp3) is 0.167. The molecule has 4 nitrogen and oxygen atoms in total. The highest BCUT2D eigenvalue weighted by molar-refractivity contribution is 7.48. The van der Waals surface area contributed by atoms with E-state index in [0.29, 0.717) is 24.3 Å². The van der Waals surface area contributed by atoms with Crippen molar-refractivity contribution in [2.75, 3.05) is 0 Å². The molecule has 0 atom stereocenters. The van der Waals surface area contributed by atoms with E-state index in [1.807, 2.05) is 62.4 Å². The van der Waals surface area contributed by atoms with Crippen LogP contribution in [-0.2, 0) is 17.4 Å². The van der Waals surface area contributed by atoms with Crippen molar-refractivity contribution in [1.82, 2.24) is 0 Å². The molecule has 1 heterocycles. The van der Waals surface area contributed by atoms with Crippen LogP contribution >= 0.6 is 7.82 Å². The molecule has 0 aliphatic carbocycles. The SMILES string of the molecule is CCc1cc2ccccc2c2c1OP(=O)(O)Oc1c(CC)cc3ccccc3c1-2. The molecule has 5 heteroatoms. The highest BCUT2D eigenvalue weighted by Gasteiger charge is 2.36. The minimum absolute atomic E-state index is 0.439. The molecule has 29 heavy (non-hydrogen) atoms. The lowest BCUT2D eigenvalue weighted by molar-refractivity contribution is 0.293. The van der Waals surface area contributed by atoms with E-state index in [1.165, 1.54) is 0 Å². The van der Waals surface area contributed by atoms with Crippen LogP contribution in [0, 0.1) is 0 Å². The van der Waals surface area contributed by atoms with Gasteiger partial charge in [0.05, 0.1) is 0 Å². The third-order valence-corrected chi connectivity index (χ3v) is 6.41. The maximum absolute atomic E-state index is 12.9. The van der Waals surface area contributed by atoms with Gasteiger partial charge in [-0.1, -0.05) is 62.4 Å². The summed E-state index contributed by atoms with van der Waals surface area (Å²) in [6.07, 6.45) is 1.35. The second kappa shape index (κ2) is 6.62. The van der Waals surface area contributed by atoms with Crippen LogP contribution in [0.3, 0.4) is 0 Å². The Bertz CT molecular complexity index is 1230. The molecule has 0 amide bonds. The highest BCUT2D eigenvalue weighted by atomic mass is 31.2. The average molecular weight is 404 g/mol. The average Bonchev–Trinajstić information content (AvgIpc) is 2.85. The van der Waals surface area contributed by atoms with Gasteiger partial charge in [0.2, 0.25) is 0 Å². The number of rotatable bonds is 2. The molecule has 4 aromatic carbocycles. The molecule has 0 spiro atoms. The second-order valence-electron chi connectivity index (χ2n) is 7.28. The van der Waals surface area contributed by atoms with E-state index >= 15 is 0 Å². The minimum atomic E-state index is -4.33. The van der Waals surface area contributed by atoms with Crippen LogP contribution < -0.4 is 9.05 Å². The lowest BCUT2D eigenvalue weighted by atomic mass is 9.88. The molecule has 0 aromatic heterocycles. The van der Waals surface area contributed by atoms with Gasteiger partial charge in [-0.25, -0.2) is 4.57 Å². The first-order chi connectivity index (χ1) is 14.0. The largest absolute Gasteiger partial charge is 0.584 e. The van der Waals surface area contributed by atoms with Gasteiger partial charge in [-0.2, -0.15) is 0 Å². The third-order valence-electron chi connectivity index (χ3n) is 5.58. The van der Waals surface area contributed by atoms with Crippen LogP contribution in [0.1, 0.15) is 25.0 Å². The summed E-state index contributed by atoms with van der Waals surface area (Å²) in [5.41, 5.74) is 3.42. The van der Waals surface area contributed by atoms with Gasteiger partial charge in [-0.15, -0.1) is 0 Å². The number of hydrogen-bond acceptors (Lipinski definition) is 3. The van der Waals surface area contributed by atoms with E-state index in [0.717, 1.165) is 43.8 Å². The first kappa shape index (κ1) is 18.2. The van der Waals surface area contributed by atoms with E-state index in [-0.39, 0.29) is 0 Å². The standard InChI is InChI=1S/C24H21O4P/c1-3-15-13-17-9-5-7-11-19(17)21-22-20-12-8-6-10-18(20)14-16(4-2)24(22)28-29(25,26)27-23(15)21/h5-14H,3-4H2,1-2H3,(H,25,26). The maximum Gasteiger partial charge on any atom is 0.584 e. The number of phosphoric ester groups is 1. The van der Waals surface area contributed by atoms with Crippen molar-refractivity contribution in [2.45, 2.75) is 26.7 Å². The Balaban J connectivity index is 2.07. The Kier molecular flexibility index (Phi) is 4.16. The van der Waals surface area contributed by atoms with Gasteiger partial charge < -0.3 is 9.05 Å². The Hall–Kier alpha value is -2.81. The number of aryl methyl sites for hydroxylation is 2. The van der Waals surface area contributed by atoms with Crippen LogP contribution in [0.15, 0.2) is 60.7 Å². The van der Waals surface area contributed by atoms with Gasteiger partial charge in [0.1, 0.15) is 11.5 Å². The van der Waals surface area contributed by atoms with Crippen LogP contribution in [0.2, 0.25) is 0 Å². The molecule has 0 saturated carbocycles.